The van der Waals surface area contributed by atoms with E-state index in [1.54, 1.807) is 33.4 Å². The molecule has 0 unspecified atom stereocenters. The minimum absolute atomic E-state index is 0. The maximum absolute atomic E-state index is 9.10. The molecule has 0 bridgehead atoms. The molecule has 0 amide bonds. The Bertz CT molecular complexity index is 5300. The third-order valence-electron chi connectivity index (χ3n) is 14.4. The average Bonchev–Trinajstić information content (AvgIpc) is 1.84. The monoisotopic (exact) mass is 1200 g/mol. The van der Waals surface area contributed by atoms with Crippen molar-refractivity contribution < 1.29 is 44.1 Å². The van der Waals surface area contributed by atoms with E-state index in [1.807, 2.05) is 72.9 Å². The summed E-state index contributed by atoms with van der Waals surface area (Å²) in [6.45, 7) is 0. The second kappa shape index (κ2) is 19.9. The van der Waals surface area contributed by atoms with Crippen molar-refractivity contribution in [3.8, 4) is 56.6 Å². The number of pyridine rings is 1. The molecule has 0 saturated carbocycles. The van der Waals surface area contributed by atoms with Crippen molar-refractivity contribution in [1.82, 2.24) is 18.7 Å². The van der Waals surface area contributed by atoms with Crippen LogP contribution in [0, 0.1) is 18.5 Å². The molecule has 0 aliphatic rings. The van der Waals surface area contributed by atoms with E-state index in [0.717, 1.165) is 70.8 Å². The van der Waals surface area contributed by atoms with Gasteiger partial charge in [-0.15, -0.1) is 29.7 Å². The zero-order chi connectivity index (χ0) is 60.2. The summed E-state index contributed by atoms with van der Waals surface area (Å²) in [5.41, 5.74) is 6.27. The van der Waals surface area contributed by atoms with E-state index in [-0.39, 0.29) is 49.0 Å². The Balaban J connectivity index is 0.00000694. The molecule has 0 radical (unpaired) electrons. The van der Waals surface area contributed by atoms with Crippen LogP contribution in [0.3, 0.4) is 0 Å². The fraction of sp³-hybridized carbons (Fsp3) is 0. The minimum atomic E-state index is -0.579. The van der Waals surface area contributed by atoms with Crippen LogP contribution in [0.15, 0.2) is 273 Å². The normalized spacial score (nSPS) is 13.2. The maximum atomic E-state index is 9.10. The Labute approximate surface area is 484 Å². The second-order valence-corrected chi connectivity index (χ2v) is 18.7. The molecule has 0 saturated heterocycles. The van der Waals surface area contributed by atoms with E-state index in [9.17, 15) is 0 Å². The summed E-state index contributed by atoms with van der Waals surface area (Å²) >= 11 is 0. The summed E-state index contributed by atoms with van der Waals surface area (Å²) in [6.07, 6.45) is 5.28. The summed E-state index contributed by atoms with van der Waals surface area (Å²) in [5.74, 6) is 1.39. The predicted molar refractivity (Wildman–Crippen MR) is 318 cm³/mol. The van der Waals surface area contributed by atoms with E-state index in [2.05, 4.69) is 143 Å². The van der Waals surface area contributed by atoms with Crippen LogP contribution >= 0.6 is 0 Å². The van der Waals surface area contributed by atoms with E-state index >= 15 is 0 Å². The number of hydrogen-bond acceptors (Lipinski definition) is 2. The molecule has 0 spiro atoms. The number of aromatic nitrogens is 5. The maximum Gasteiger partial charge on any atom is 0.268 e. The summed E-state index contributed by atoms with van der Waals surface area (Å²) < 4.78 is 102. The van der Waals surface area contributed by atoms with Gasteiger partial charge >= 0.3 is 0 Å². The van der Waals surface area contributed by atoms with Gasteiger partial charge in [0.05, 0.1) is 47.1 Å². The molecule has 0 fully saturated rings. The first kappa shape index (κ1) is 37.8. The average molecular weight is 1200 g/mol. The molecule has 79 heavy (non-hydrogen) atoms. The first-order valence-corrected chi connectivity index (χ1v) is 25.4. The summed E-state index contributed by atoms with van der Waals surface area (Å²) in [7, 11) is 0. The summed E-state index contributed by atoms with van der Waals surface area (Å²) in [6, 6.07) is 69.7. The van der Waals surface area contributed by atoms with E-state index in [1.165, 1.54) is 0 Å². The van der Waals surface area contributed by atoms with Crippen molar-refractivity contribution in [1.29, 1.82) is 0 Å². The minimum Gasteiger partial charge on any atom is -0.510 e. The first-order valence-electron chi connectivity index (χ1n) is 30.4. The third-order valence-corrected chi connectivity index (χ3v) is 14.4. The number of imidazole rings is 1. The molecule has 11 aromatic carbocycles. The Morgan fingerprint density at radius 2 is 0.924 bits per heavy atom. The number of ether oxygens (including phenoxy) is 1. The smallest absolute Gasteiger partial charge is 0.268 e. The van der Waals surface area contributed by atoms with Crippen molar-refractivity contribution in [3.05, 3.63) is 291 Å². The SMILES string of the molecule is [2H]c1c([2H])c([2H])c(-c2cccc(-c3c([2H])c([2H])c([2H])c([2H])c3[2H])c2-[n+]2[c-]n(-c3[c-]c(Oc4[c-]c5c(cc4)c4ccccc4n5-c4cc(-n5c6ccccc6c6ccccc6c6ccccc6c6ccccc65)ccn4)ccc3)c3ccccc32)c([2H])c1[2H].[Pt]. The van der Waals surface area contributed by atoms with Crippen molar-refractivity contribution in [2.24, 2.45) is 0 Å². The van der Waals surface area contributed by atoms with Crippen LogP contribution < -0.4 is 9.30 Å². The number of para-hydroxylation sites is 6. The second-order valence-electron chi connectivity index (χ2n) is 18.7. The molecule has 15 aromatic rings. The van der Waals surface area contributed by atoms with Crippen LogP contribution in [-0.4, -0.2) is 18.7 Å². The quantitative estimate of drug-likeness (QED) is 0.112. The molecular formula is C72H45N5OPt-2. The fourth-order valence-electron chi connectivity index (χ4n) is 11.1. The number of hydrogen-bond donors (Lipinski definition) is 0. The van der Waals surface area contributed by atoms with Gasteiger partial charge in [-0.3, -0.25) is 4.57 Å². The molecule has 4 heterocycles. The van der Waals surface area contributed by atoms with E-state index < -0.39 is 60.4 Å². The third kappa shape index (κ3) is 8.16. The van der Waals surface area contributed by atoms with Gasteiger partial charge in [-0.1, -0.05) is 212 Å². The van der Waals surface area contributed by atoms with Crippen molar-refractivity contribution in [2.75, 3.05) is 0 Å². The van der Waals surface area contributed by atoms with Gasteiger partial charge in [0, 0.05) is 61.1 Å². The van der Waals surface area contributed by atoms with Crippen LogP contribution in [0.4, 0.5) is 0 Å². The van der Waals surface area contributed by atoms with Gasteiger partial charge in [0.15, 0.2) is 0 Å². The molecular weight excluding hydrogens is 1150 g/mol. The predicted octanol–water partition coefficient (Wildman–Crippen LogP) is 17.5. The van der Waals surface area contributed by atoms with Gasteiger partial charge in [-0.25, -0.2) is 4.98 Å². The van der Waals surface area contributed by atoms with Gasteiger partial charge in [0.1, 0.15) is 5.82 Å². The van der Waals surface area contributed by atoms with Gasteiger partial charge < -0.3 is 18.4 Å². The zero-order valence-corrected chi connectivity index (χ0v) is 43.9. The number of benzene rings is 11. The van der Waals surface area contributed by atoms with Gasteiger partial charge in [0.2, 0.25) is 0 Å². The number of rotatable bonds is 8. The van der Waals surface area contributed by atoms with Crippen LogP contribution in [0.2, 0.25) is 0 Å². The Kier molecular flexibility index (Phi) is 9.53. The Morgan fingerprint density at radius 1 is 0.430 bits per heavy atom. The number of nitrogens with zero attached hydrogens (tertiary/aromatic N) is 5. The summed E-state index contributed by atoms with van der Waals surface area (Å²) in [5, 5.41) is 8.62. The van der Waals surface area contributed by atoms with Crippen LogP contribution in [-0.2, 0) is 21.1 Å². The Hall–Kier alpha value is -9.87. The topological polar surface area (TPSA) is 40.8 Å². The molecule has 7 heteroatoms. The molecule has 0 atom stereocenters. The van der Waals surface area contributed by atoms with Crippen LogP contribution in [0.25, 0.3) is 121 Å². The molecule has 0 aliphatic heterocycles. The van der Waals surface area contributed by atoms with E-state index in [4.69, 9.17) is 23.4 Å². The van der Waals surface area contributed by atoms with Gasteiger partial charge in [-0.05, 0) is 79.1 Å². The van der Waals surface area contributed by atoms with Crippen LogP contribution in [0.5, 0.6) is 11.5 Å². The molecule has 6 nitrogen and oxygen atoms in total. The van der Waals surface area contributed by atoms with Crippen molar-refractivity contribution in [3.63, 3.8) is 0 Å². The number of fused-ring (bicyclic) bond motifs is 11. The standard InChI is InChI=1S/C72H45N5O.Pt/c1-3-21-49(22-4-1)55-34-20-35-56(50-23-5-2-6-24-50)72(55)75-48-74(68-39-17-18-40-69(68)75)51-25-19-26-53(45-51)78-54-41-42-64-63-33-13-16-38-67(63)77(70(64)47-54)71-46-52(43-44-73-71)76-65-36-14-11-31-61(65)59-29-9-7-27-57(59)58-28-8-10-30-60(58)62-32-12-15-37-66(62)76;/h1-44,46H;/q-2;/i1D,2D,3D,4D,5D,6D,21D,22D,23D,24D;. The van der Waals surface area contributed by atoms with Crippen molar-refractivity contribution in [2.45, 2.75) is 0 Å². The molecule has 4 aromatic heterocycles. The van der Waals surface area contributed by atoms with Gasteiger partial charge in [-0.2, -0.15) is 18.2 Å². The summed E-state index contributed by atoms with van der Waals surface area (Å²) in [4.78, 5) is 5.09. The molecule has 0 N–H and O–H groups in total. The first-order chi connectivity index (χ1) is 42.9. The van der Waals surface area contributed by atoms with Crippen LogP contribution in [0.1, 0.15) is 13.7 Å². The fourth-order valence-corrected chi connectivity index (χ4v) is 11.1. The van der Waals surface area contributed by atoms with Crippen molar-refractivity contribution >= 4 is 76.2 Å². The molecule has 0 aliphatic carbocycles. The Morgan fingerprint density at radius 3 is 1.53 bits per heavy atom. The molecule has 376 valence electrons. The van der Waals surface area contributed by atoms with E-state index in [0.29, 0.717) is 34.0 Å². The molecule has 15 rings (SSSR count). The zero-order valence-electron chi connectivity index (χ0n) is 51.7. The van der Waals surface area contributed by atoms with Gasteiger partial charge in [0.25, 0.3) is 6.33 Å². The largest absolute Gasteiger partial charge is 0.510 e.